The first-order valence-electron chi connectivity index (χ1n) is 5.86. The zero-order valence-electron chi connectivity index (χ0n) is 10.2. The molecule has 0 aliphatic carbocycles. The monoisotopic (exact) mass is 234 g/mol. The van der Waals surface area contributed by atoms with Crippen LogP contribution >= 0.6 is 0 Å². The SMILES string of the molecule is Cc1cc(N)cc(C(=O)NC2CCOC2C)c1. The van der Waals surface area contributed by atoms with Gasteiger partial charge in [-0.25, -0.2) is 0 Å². The molecular formula is C13H18N2O2. The van der Waals surface area contributed by atoms with E-state index in [9.17, 15) is 4.79 Å². The maximum Gasteiger partial charge on any atom is 0.251 e. The van der Waals surface area contributed by atoms with Gasteiger partial charge in [-0.2, -0.15) is 0 Å². The number of amides is 1. The van der Waals surface area contributed by atoms with Gasteiger partial charge in [0.25, 0.3) is 5.91 Å². The summed E-state index contributed by atoms with van der Waals surface area (Å²) in [5.74, 6) is -0.0808. The lowest BCUT2D eigenvalue weighted by Crippen LogP contribution is -2.39. The quantitative estimate of drug-likeness (QED) is 0.762. The first-order chi connectivity index (χ1) is 8.06. The van der Waals surface area contributed by atoms with Gasteiger partial charge in [0.1, 0.15) is 0 Å². The minimum Gasteiger partial charge on any atom is -0.399 e. The minimum absolute atomic E-state index is 0.0808. The highest BCUT2D eigenvalue weighted by Gasteiger charge is 2.25. The maximum atomic E-state index is 12.0. The van der Waals surface area contributed by atoms with Crippen molar-refractivity contribution in [1.29, 1.82) is 0 Å². The molecule has 92 valence electrons. The van der Waals surface area contributed by atoms with Gasteiger partial charge in [-0.15, -0.1) is 0 Å². The fraction of sp³-hybridized carbons (Fsp3) is 0.462. The fourth-order valence-electron chi connectivity index (χ4n) is 2.12. The van der Waals surface area contributed by atoms with E-state index in [1.807, 2.05) is 26.0 Å². The topological polar surface area (TPSA) is 64.4 Å². The zero-order valence-corrected chi connectivity index (χ0v) is 10.2. The van der Waals surface area contributed by atoms with Crippen LogP contribution in [0.25, 0.3) is 0 Å². The third-order valence-electron chi connectivity index (χ3n) is 3.05. The van der Waals surface area contributed by atoms with Gasteiger partial charge in [-0.3, -0.25) is 4.79 Å². The van der Waals surface area contributed by atoms with Crippen molar-refractivity contribution < 1.29 is 9.53 Å². The van der Waals surface area contributed by atoms with Crippen LogP contribution < -0.4 is 11.1 Å². The van der Waals surface area contributed by atoms with Gasteiger partial charge in [0.2, 0.25) is 0 Å². The molecule has 0 aromatic heterocycles. The number of hydrogen-bond donors (Lipinski definition) is 2. The molecule has 4 nitrogen and oxygen atoms in total. The Hall–Kier alpha value is -1.55. The predicted octanol–water partition coefficient (Wildman–Crippen LogP) is 1.48. The van der Waals surface area contributed by atoms with Crippen LogP contribution in [0.1, 0.15) is 29.3 Å². The number of nitrogen functional groups attached to an aromatic ring is 1. The zero-order chi connectivity index (χ0) is 12.4. The smallest absolute Gasteiger partial charge is 0.251 e. The Labute approximate surface area is 101 Å². The van der Waals surface area contributed by atoms with Crippen LogP contribution in [0, 0.1) is 6.92 Å². The van der Waals surface area contributed by atoms with Crippen LogP contribution in [0.15, 0.2) is 18.2 Å². The van der Waals surface area contributed by atoms with E-state index in [1.54, 1.807) is 6.07 Å². The average Bonchev–Trinajstić information content (AvgIpc) is 2.63. The minimum atomic E-state index is -0.0808. The molecular weight excluding hydrogens is 216 g/mol. The summed E-state index contributed by atoms with van der Waals surface area (Å²) >= 11 is 0. The van der Waals surface area contributed by atoms with E-state index in [1.165, 1.54) is 0 Å². The molecule has 0 saturated carbocycles. The van der Waals surface area contributed by atoms with Crippen molar-refractivity contribution in [2.45, 2.75) is 32.4 Å². The number of rotatable bonds is 2. The van der Waals surface area contributed by atoms with E-state index >= 15 is 0 Å². The molecule has 2 rings (SSSR count). The Morgan fingerprint density at radius 3 is 2.82 bits per heavy atom. The Morgan fingerprint density at radius 2 is 2.24 bits per heavy atom. The molecule has 1 saturated heterocycles. The predicted molar refractivity (Wildman–Crippen MR) is 66.9 cm³/mol. The second-order valence-corrected chi connectivity index (χ2v) is 4.58. The number of ether oxygens (including phenoxy) is 1. The third-order valence-corrected chi connectivity index (χ3v) is 3.05. The first-order valence-corrected chi connectivity index (χ1v) is 5.86. The third kappa shape index (κ3) is 2.77. The summed E-state index contributed by atoms with van der Waals surface area (Å²) in [4.78, 5) is 12.0. The number of anilines is 1. The Balaban J connectivity index is 2.09. The summed E-state index contributed by atoms with van der Waals surface area (Å²) < 4.78 is 5.41. The van der Waals surface area contributed by atoms with Crippen molar-refractivity contribution in [3.8, 4) is 0 Å². The van der Waals surface area contributed by atoms with Crippen LogP contribution in [0.5, 0.6) is 0 Å². The summed E-state index contributed by atoms with van der Waals surface area (Å²) in [6.07, 6.45) is 0.954. The lowest BCUT2D eigenvalue weighted by molar-refractivity contribution is 0.0866. The Morgan fingerprint density at radius 1 is 1.47 bits per heavy atom. The van der Waals surface area contributed by atoms with Gasteiger partial charge in [0.15, 0.2) is 0 Å². The van der Waals surface area contributed by atoms with E-state index in [2.05, 4.69) is 5.32 Å². The van der Waals surface area contributed by atoms with Crippen molar-refractivity contribution in [2.75, 3.05) is 12.3 Å². The van der Waals surface area contributed by atoms with E-state index in [-0.39, 0.29) is 18.1 Å². The summed E-state index contributed by atoms with van der Waals surface area (Å²) in [6, 6.07) is 5.48. The number of carbonyl (C=O) groups is 1. The van der Waals surface area contributed by atoms with Gasteiger partial charge in [-0.1, -0.05) is 0 Å². The van der Waals surface area contributed by atoms with Crippen LogP contribution in [0.4, 0.5) is 5.69 Å². The van der Waals surface area contributed by atoms with Gasteiger partial charge in [-0.05, 0) is 44.0 Å². The van der Waals surface area contributed by atoms with Crippen molar-refractivity contribution in [2.24, 2.45) is 0 Å². The van der Waals surface area contributed by atoms with Crippen LogP contribution in [-0.2, 0) is 4.74 Å². The Kier molecular flexibility index (Phi) is 3.33. The largest absolute Gasteiger partial charge is 0.399 e. The summed E-state index contributed by atoms with van der Waals surface area (Å²) in [5.41, 5.74) is 7.95. The fourth-order valence-corrected chi connectivity index (χ4v) is 2.12. The number of benzene rings is 1. The second-order valence-electron chi connectivity index (χ2n) is 4.58. The maximum absolute atomic E-state index is 12.0. The lowest BCUT2D eigenvalue weighted by Gasteiger charge is -2.16. The van der Waals surface area contributed by atoms with E-state index < -0.39 is 0 Å². The van der Waals surface area contributed by atoms with Gasteiger partial charge >= 0.3 is 0 Å². The van der Waals surface area contributed by atoms with Gasteiger partial charge in [0, 0.05) is 17.9 Å². The number of carbonyl (C=O) groups excluding carboxylic acids is 1. The lowest BCUT2D eigenvalue weighted by atomic mass is 10.1. The highest BCUT2D eigenvalue weighted by atomic mass is 16.5. The molecule has 0 bridgehead atoms. The number of nitrogens with two attached hydrogens (primary N) is 1. The molecule has 0 radical (unpaired) electrons. The van der Waals surface area contributed by atoms with E-state index in [0.29, 0.717) is 17.9 Å². The van der Waals surface area contributed by atoms with Gasteiger partial charge in [0.05, 0.1) is 12.1 Å². The first kappa shape index (κ1) is 11.9. The molecule has 17 heavy (non-hydrogen) atoms. The molecule has 1 heterocycles. The van der Waals surface area contributed by atoms with Crippen LogP contribution in [-0.4, -0.2) is 24.7 Å². The average molecular weight is 234 g/mol. The van der Waals surface area contributed by atoms with Gasteiger partial charge < -0.3 is 15.8 Å². The molecule has 2 atom stereocenters. The highest BCUT2D eigenvalue weighted by Crippen LogP contribution is 2.15. The molecule has 1 aromatic rings. The molecule has 1 aliphatic heterocycles. The van der Waals surface area contributed by atoms with Crippen molar-refractivity contribution >= 4 is 11.6 Å². The molecule has 1 amide bonds. The molecule has 1 fully saturated rings. The van der Waals surface area contributed by atoms with E-state index in [0.717, 1.165) is 12.0 Å². The molecule has 2 unspecified atom stereocenters. The molecule has 1 aromatic carbocycles. The number of aryl methyl sites for hydroxylation is 1. The highest BCUT2D eigenvalue weighted by molar-refractivity contribution is 5.95. The standard InChI is InChI=1S/C13H18N2O2/c1-8-5-10(7-11(14)6-8)13(16)15-12-3-4-17-9(12)2/h5-7,9,12H,3-4,14H2,1-2H3,(H,15,16). The normalized spacial score (nSPS) is 23.6. The molecule has 0 spiro atoms. The van der Waals surface area contributed by atoms with Crippen molar-refractivity contribution in [3.63, 3.8) is 0 Å². The van der Waals surface area contributed by atoms with Crippen molar-refractivity contribution in [1.82, 2.24) is 5.32 Å². The molecule has 3 N–H and O–H groups in total. The molecule has 4 heteroatoms. The molecule has 1 aliphatic rings. The van der Waals surface area contributed by atoms with E-state index in [4.69, 9.17) is 10.5 Å². The summed E-state index contributed by atoms with van der Waals surface area (Å²) in [7, 11) is 0. The Bertz CT molecular complexity index is 411. The number of hydrogen-bond acceptors (Lipinski definition) is 3. The summed E-state index contributed by atoms with van der Waals surface area (Å²) in [6.45, 7) is 4.61. The second kappa shape index (κ2) is 4.75. The van der Waals surface area contributed by atoms with Crippen molar-refractivity contribution in [3.05, 3.63) is 29.3 Å². The number of nitrogens with one attached hydrogen (secondary N) is 1. The van der Waals surface area contributed by atoms with Crippen LogP contribution in [0.3, 0.4) is 0 Å². The summed E-state index contributed by atoms with van der Waals surface area (Å²) in [5, 5.41) is 2.98. The van der Waals surface area contributed by atoms with Crippen LogP contribution in [0.2, 0.25) is 0 Å².